The summed E-state index contributed by atoms with van der Waals surface area (Å²) < 4.78 is 32.2. The number of aliphatic hydroxyl groups is 1. The monoisotopic (exact) mass is 531 g/mol. The number of ether oxygens (including phenoxy) is 1. The van der Waals surface area contributed by atoms with E-state index in [9.17, 15) is 18.3 Å². The van der Waals surface area contributed by atoms with Gasteiger partial charge in [-0.05, 0) is 48.5 Å². The van der Waals surface area contributed by atoms with Crippen molar-refractivity contribution in [3.05, 3.63) is 70.1 Å². The Balaban J connectivity index is 1.26. The molecule has 1 aromatic heterocycles. The maximum absolute atomic E-state index is 12.3. The van der Waals surface area contributed by atoms with Crippen LogP contribution in [0.3, 0.4) is 0 Å². The molecule has 2 aliphatic rings. The number of urea groups is 1. The largest absolute Gasteiger partial charge is 0.476 e. The summed E-state index contributed by atoms with van der Waals surface area (Å²) in [6, 6.07) is 13.8. The standard InChI is InChI=1S/C22H18ClN5O5S2/c23-18-7-8-19(34-18)35(31,32)27-22(30)26-14-2-4-15(5-3-14)28-12-25-17-11-13(20-24-9-10-33-20)1-6-16(17)21(28)29/h1-8,11-12,21,29H,9-10H2,(H2,26,27,30). The lowest BCUT2D eigenvalue weighted by molar-refractivity contribution is 0.188. The van der Waals surface area contributed by atoms with Gasteiger partial charge in [-0.2, -0.15) is 0 Å². The van der Waals surface area contributed by atoms with Crippen LogP contribution in [0.4, 0.5) is 21.9 Å². The van der Waals surface area contributed by atoms with Gasteiger partial charge in [0.05, 0.1) is 22.9 Å². The first kappa shape index (κ1) is 23.3. The molecule has 1 unspecified atom stereocenters. The lowest BCUT2D eigenvalue weighted by atomic mass is 10.1. The summed E-state index contributed by atoms with van der Waals surface area (Å²) in [4.78, 5) is 22.5. The maximum atomic E-state index is 12.3. The van der Waals surface area contributed by atoms with Crippen LogP contribution in [0.2, 0.25) is 4.34 Å². The van der Waals surface area contributed by atoms with Gasteiger partial charge in [0.1, 0.15) is 10.8 Å². The Morgan fingerprint density at radius 2 is 1.97 bits per heavy atom. The fourth-order valence-electron chi connectivity index (χ4n) is 3.55. The first-order chi connectivity index (χ1) is 16.8. The predicted octanol–water partition coefficient (Wildman–Crippen LogP) is 3.86. The van der Waals surface area contributed by atoms with Crippen molar-refractivity contribution in [1.82, 2.24) is 4.72 Å². The fraction of sp³-hybridized carbons (Fsp3) is 0.136. The minimum Gasteiger partial charge on any atom is -0.476 e. The summed E-state index contributed by atoms with van der Waals surface area (Å²) in [7, 11) is -4.03. The molecule has 0 saturated carbocycles. The van der Waals surface area contributed by atoms with Gasteiger partial charge in [-0.3, -0.25) is 0 Å². The number of fused-ring (bicyclic) bond motifs is 1. The number of thiophene rings is 1. The van der Waals surface area contributed by atoms with E-state index in [-0.39, 0.29) is 4.21 Å². The molecule has 180 valence electrons. The lowest BCUT2D eigenvalue weighted by Crippen LogP contribution is -2.34. The van der Waals surface area contributed by atoms with Crippen LogP contribution in [0, 0.1) is 0 Å². The molecule has 1 atom stereocenters. The van der Waals surface area contributed by atoms with Crippen molar-refractivity contribution in [2.75, 3.05) is 23.4 Å². The van der Waals surface area contributed by atoms with Crippen LogP contribution in [-0.4, -0.2) is 44.9 Å². The highest BCUT2D eigenvalue weighted by molar-refractivity contribution is 7.92. The van der Waals surface area contributed by atoms with Crippen molar-refractivity contribution < 1.29 is 23.1 Å². The number of nitrogens with zero attached hydrogens (tertiary/aromatic N) is 3. The van der Waals surface area contributed by atoms with E-state index in [1.165, 1.54) is 18.5 Å². The lowest BCUT2D eigenvalue weighted by Gasteiger charge is -2.30. The minimum absolute atomic E-state index is 0.0671. The van der Waals surface area contributed by atoms with Crippen LogP contribution in [0.15, 0.2) is 68.8 Å². The Kier molecular flexibility index (Phi) is 6.19. The van der Waals surface area contributed by atoms with Crippen LogP contribution in [0.5, 0.6) is 0 Å². The summed E-state index contributed by atoms with van der Waals surface area (Å²) in [5, 5.41) is 13.4. The molecule has 0 saturated heterocycles. The third-order valence-corrected chi connectivity index (χ3v) is 8.24. The molecule has 0 radical (unpaired) electrons. The number of anilines is 2. The average Bonchev–Trinajstić information content (AvgIpc) is 3.52. The molecule has 2 amide bonds. The molecular weight excluding hydrogens is 514 g/mol. The Hall–Kier alpha value is -3.45. The number of sulfonamides is 1. The minimum atomic E-state index is -4.03. The Labute approximate surface area is 209 Å². The smallest absolute Gasteiger partial charge is 0.333 e. The zero-order chi connectivity index (χ0) is 24.6. The molecule has 2 aliphatic heterocycles. The van der Waals surface area contributed by atoms with Crippen LogP contribution >= 0.6 is 22.9 Å². The molecule has 13 heteroatoms. The van der Waals surface area contributed by atoms with E-state index in [0.29, 0.717) is 46.0 Å². The van der Waals surface area contributed by atoms with Crippen LogP contribution < -0.4 is 14.9 Å². The predicted molar refractivity (Wildman–Crippen MR) is 134 cm³/mol. The molecular formula is C22H18ClN5O5S2. The second-order valence-electron chi connectivity index (χ2n) is 7.50. The van der Waals surface area contributed by atoms with Gasteiger partial charge < -0.3 is 20.1 Å². The molecule has 2 aromatic carbocycles. The van der Waals surface area contributed by atoms with Crippen molar-refractivity contribution in [1.29, 1.82) is 0 Å². The first-order valence-corrected chi connectivity index (χ1v) is 13.0. The molecule has 0 aliphatic carbocycles. The van der Waals surface area contributed by atoms with Crippen molar-refractivity contribution in [3.63, 3.8) is 0 Å². The maximum Gasteiger partial charge on any atom is 0.333 e. The zero-order valence-electron chi connectivity index (χ0n) is 17.9. The number of benzene rings is 2. The molecule has 5 rings (SSSR count). The number of aliphatic imine (C=N–C) groups is 2. The van der Waals surface area contributed by atoms with Gasteiger partial charge in [0.2, 0.25) is 5.90 Å². The van der Waals surface area contributed by atoms with E-state index in [4.69, 9.17) is 16.3 Å². The van der Waals surface area contributed by atoms with Crippen LogP contribution in [-0.2, 0) is 14.8 Å². The summed E-state index contributed by atoms with van der Waals surface area (Å²) in [5.74, 6) is 0.569. The highest BCUT2D eigenvalue weighted by atomic mass is 35.5. The fourth-order valence-corrected chi connectivity index (χ4v) is 5.94. The van der Waals surface area contributed by atoms with Gasteiger partial charge in [0, 0.05) is 22.5 Å². The zero-order valence-corrected chi connectivity index (χ0v) is 20.3. The highest BCUT2D eigenvalue weighted by Crippen LogP contribution is 2.35. The molecule has 0 fully saturated rings. The van der Waals surface area contributed by atoms with Crippen molar-refractivity contribution in [2.24, 2.45) is 9.98 Å². The molecule has 0 bridgehead atoms. The average molecular weight is 532 g/mol. The van der Waals surface area contributed by atoms with E-state index in [2.05, 4.69) is 15.3 Å². The third-order valence-electron chi connectivity index (χ3n) is 5.19. The first-order valence-electron chi connectivity index (χ1n) is 10.3. The number of hydrogen-bond donors (Lipinski definition) is 3. The molecule has 0 spiro atoms. The Bertz CT molecular complexity index is 1450. The topological polar surface area (TPSA) is 133 Å². The van der Waals surface area contributed by atoms with E-state index < -0.39 is 22.3 Å². The van der Waals surface area contributed by atoms with Crippen LogP contribution in [0.1, 0.15) is 17.4 Å². The number of aliphatic hydroxyl groups excluding tert-OH is 1. The summed E-state index contributed by atoms with van der Waals surface area (Å²) >= 11 is 6.61. The van der Waals surface area contributed by atoms with Gasteiger partial charge in [0.15, 0.2) is 6.23 Å². The van der Waals surface area contributed by atoms with Crippen molar-refractivity contribution in [3.8, 4) is 0 Å². The number of carbonyl (C=O) groups is 1. The van der Waals surface area contributed by atoms with Gasteiger partial charge in [-0.1, -0.05) is 17.7 Å². The second kappa shape index (κ2) is 9.30. The number of nitrogens with one attached hydrogen (secondary N) is 2. The molecule has 10 nitrogen and oxygen atoms in total. The van der Waals surface area contributed by atoms with Gasteiger partial charge in [-0.15, -0.1) is 11.3 Å². The van der Waals surface area contributed by atoms with Crippen molar-refractivity contribution >= 4 is 68.3 Å². The number of amides is 2. The van der Waals surface area contributed by atoms with E-state index in [0.717, 1.165) is 16.9 Å². The molecule has 3 N–H and O–H groups in total. The number of halogens is 1. The van der Waals surface area contributed by atoms with Gasteiger partial charge >= 0.3 is 6.03 Å². The summed E-state index contributed by atoms with van der Waals surface area (Å²) in [6.45, 7) is 1.18. The highest BCUT2D eigenvalue weighted by Gasteiger charge is 2.25. The van der Waals surface area contributed by atoms with E-state index in [1.54, 1.807) is 35.2 Å². The SMILES string of the molecule is O=C(Nc1ccc(N2C=Nc3cc(C4=NCCO4)ccc3C2O)cc1)NS(=O)(=O)c1ccc(Cl)s1. The quantitative estimate of drug-likeness (QED) is 0.458. The molecule has 3 heterocycles. The van der Waals surface area contributed by atoms with E-state index >= 15 is 0 Å². The number of carbonyl (C=O) groups excluding carboxylic acids is 1. The summed E-state index contributed by atoms with van der Waals surface area (Å²) in [6.07, 6.45) is 0.537. The van der Waals surface area contributed by atoms with Gasteiger partial charge in [-0.25, -0.2) is 27.9 Å². The van der Waals surface area contributed by atoms with Crippen molar-refractivity contribution in [2.45, 2.75) is 10.4 Å². The molecule has 35 heavy (non-hydrogen) atoms. The Morgan fingerprint density at radius 1 is 1.17 bits per heavy atom. The normalized spacial score (nSPS) is 16.9. The van der Waals surface area contributed by atoms with E-state index in [1.807, 2.05) is 16.9 Å². The van der Waals surface area contributed by atoms with Crippen LogP contribution in [0.25, 0.3) is 0 Å². The number of rotatable bonds is 5. The third kappa shape index (κ3) is 4.86. The second-order valence-corrected chi connectivity index (χ2v) is 11.1. The molecule has 3 aromatic rings. The number of hydrogen-bond acceptors (Lipinski definition) is 9. The Morgan fingerprint density at radius 3 is 2.66 bits per heavy atom. The summed E-state index contributed by atoms with van der Waals surface area (Å²) in [5.41, 5.74) is 3.02. The van der Waals surface area contributed by atoms with Gasteiger partial charge in [0.25, 0.3) is 10.0 Å².